The predicted octanol–water partition coefficient (Wildman–Crippen LogP) is 7.27. The van der Waals surface area contributed by atoms with Crippen LogP contribution in [0.15, 0.2) is 61.2 Å². The summed E-state index contributed by atoms with van der Waals surface area (Å²) in [6.45, 7) is 11.6. The third kappa shape index (κ3) is 3.81. The number of nitrogens with zero attached hydrogens (tertiary/aromatic N) is 1. The minimum Gasteiger partial charge on any atom is -0.441 e. The third-order valence-corrected chi connectivity index (χ3v) is 7.19. The van der Waals surface area contributed by atoms with E-state index in [1.165, 1.54) is 11.1 Å². The molecule has 4 atom stereocenters. The van der Waals surface area contributed by atoms with E-state index >= 15 is 0 Å². The van der Waals surface area contributed by atoms with Crippen molar-refractivity contribution in [2.75, 3.05) is 6.61 Å². The minimum absolute atomic E-state index is 0.0959. The van der Waals surface area contributed by atoms with E-state index in [0.717, 1.165) is 35.4 Å². The quantitative estimate of drug-likeness (QED) is 0.350. The molecular formula is C26H30Cl2NO+. The molecule has 2 nitrogen and oxygen atoms in total. The SMILES string of the molecule is C=CCC1(C)CC(c2cccc(Cl)c2)C(c2ccc(Cl)cc2)[N+]2=C1OCC2C(C)C. The van der Waals surface area contributed by atoms with E-state index in [4.69, 9.17) is 27.9 Å². The highest BCUT2D eigenvalue weighted by molar-refractivity contribution is 6.30. The smallest absolute Gasteiger partial charge is 0.343 e. The van der Waals surface area contributed by atoms with E-state index in [1.54, 1.807) is 0 Å². The highest BCUT2D eigenvalue weighted by atomic mass is 35.5. The molecular weight excluding hydrogens is 413 g/mol. The Hall–Kier alpha value is -1.77. The highest BCUT2D eigenvalue weighted by Crippen LogP contribution is 2.51. The van der Waals surface area contributed by atoms with Crippen molar-refractivity contribution in [1.82, 2.24) is 0 Å². The van der Waals surface area contributed by atoms with E-state index in [0.29, 0.717) is 12.0 Å². The molecule has 0 N–H and O–H groups in total. The Bertz CT molecular complexity index is 965. The first-order valence-corrected chi connectivity index (χ1v) is 11.5. The van der Waals surface area contributed by atoms with E-state index in [2.05, 4.69) is 62.3 Å². The first-order valence-electron chi connectivity index (χ1n) is 10.7. The largest absolute Gasteiger partial charge is 0.441 e. The summed E-state index contributed by atoms with van der Waals surface area (Å²) in [7, 11) is 0. The van der Waals surface area contributed by atoms with Crippen LogP contribution in [0.2, 0.25) is 10.0 Å². The van der Waals surface area contributed by atoms with Crippen molar-refractivity contribution in [3.8, 4) is 0 Å². The lowest BCUT2D eigenvalue weighted by Gasteiger charge is -2.39. The van der Waals surface area contributed by atoms with Crippen molar-refractivity contribution in [1.29, 1.82) is 0 Å². The van der Waals surface area contributed by atoms with Crippen LogP contribution < -0.4 is 0 Å². The standard InChI is InChI=1S/C26H30Cl2NO/c1-5-13-26(4)15-22(19-7-6-8-21(28)14-19)24(18-9-11-20(27)12-10-18)29-23(17(2)3)16-30-25(26)29/h5-12,14,17,22-24H,1,13,15-16H2,2-4H3/q+1. The molecule has 2 aliphatic heterocycles. The fourth-order valence-electron chi connectivity index (χ4n) is 5.26. The molecule has 0 amide bonds. The van der Waals surface area contributed by atoms with Crippen LogP contribution in [-0.4, -0.2) is 23.1 Å². The maximum atomic E-state index is 6.43. The Balaban J connectivity index is 1.94. The van der Waals surface area contributed by atoms with E-state index in [-0.39, 0.29) is 17.4 Å². The third-order valence-electron chi connectivity index (χ3n) is 6.70. The summed E-state index contributed by atoms with van der Waals surface area (Å²) < 4.78 is 8.99. The van der Waals surface area contributed by atoms with Crippen LogP contribution in [0.5, 0.6) is 0 Å². The van der Waals surface area contributed by atoms with Crippen LogP contribution in [0, 0.1) is 11.3 Å². The van der Waals surface area contributed by atoms with Gasteiger partial charge in [0.1, 0.15) is 0 Å². The second-order valence-electron chi connectivity index (χ2n) is 9.25. The van der Waals surface area contributed by atoms with Gasteiger partial charge in [0, 0.05) is 21.5 Å². The molecule has 2 aromatic carbocycles. The lowest BCUT2D eigenvalue weighted by molar-refractivity contribution is -0.616. The first-order chi connectivity index (χ1) is 14.3. The number of rotatable bonds is 5. The van der Waals surface area contributed by atoms with Gasteiger partial charge in [-0.15, -0.1) is 6.58 Å². The van der Waals surface area contributed by atoms with Crippen LogP contribution in [0.25, 0.3) is 0 Å². The summed E-state index contributed by atoms with van der Waals surface area (Å²) in [6, 6.07) is 17.1. The predicted molar refractivity (Wildman–Crippen MR) is 126 cm³/mol. The zero-order chi connectivity index (χ0) is 21.5. The van der Waals surface area contributed by atoms with Gasteiger partial charge < -0.3 is 4.74 Å². The van der Waals surface area contributed by atoms with Crippen molar-refractivity contribution in [3.63, 3.8) is 0 Å². The molecule has 0 fully saturated rings. The number of benzene rings is 2. The second kappa shape index (κ2) is 8.40. The second-order valence-corrected chi connectivity index (χ2v) is 10.1. The summed E-state index contributed by atoms with van der Waals surface area (Å²) in [6.07, 6.45) is 3.88. The van der Waals surface area contributed by atoms with Crippen LogP contribution in [0.4, 0.5) is 0 Å². The molecule has 4 heteroatoms. The Morgan fingerprint density at radius 2 is 1.87 bits per heavy atom. The Morgan fingerprint density at radius 3 is 2.50 bits per heavy atom. The van der Waals surface area contributed by atoms with Gasteiger partial charge in [0.25, 0.3) is 0 Å². The average Bonchev–Trinajstić information content (AvgIpc) is 3.15. The van der Waals surface area contributed by atoms with Crippen molar-refractivity contribution < 1.29 is 9.31 Å². The molecule has 2 aromatic rings. The summed E-state index contributed by atoms with van der Waals surface area (Å²) >= 11 is 12.7. The normalized spacial score (nSPS) is 28.4. The lowest BCUT2D eigenvalue weighted by Crippen LogP contribution is -2.46. The maximum absolute atomic E-state index is 6.43. The molecule has 2 heterocycles. The number of hydrogen-bond donors (Lipinski definition) is 0. The number of ether oxygens (including phenoxy) is 1. The van der Waals surface area contributed by atoms with Gasteiger partial charge in [-0.2, -0.15) is 4.58 Å². The van der Waals surface area contributed by atoms with Gasteiger partial charge in [0.2, 0.25) is 0 Å². The summed E-state index contributed by atoms with van der Waals surface area (Å²) in [4.78, 5) is 0. The molecule has 0 radical (unpaired) electrons. The van der Waals surface area contributed by atoms with E-state index in [9.17, 15) is 0 Å². The Morgan fingerprint density at radius 1 is 1.13 bits per heavy atom. The number of halogens is 2. The van der Waals surface area contributed by atoms with Crippen molar-refractivity contribution in [3.05, 3.63) is 82.4 Å². The molecule has 0 spiro atoms. The van der Waals surface area contributed by atoms with Gasteiger partial charge >= 0.3 is 5.90 Å². The van der Waals surface area contributed by atoms with Gasteiger partial charge in [-0.1, -0.05) is 67.4 Å². The van der Waals surface area contributed by atoms with Crippen LogP contribution in [0.3, 0.4) is 0 Å². The van der Waals surface area contributed by atoms with Gasteiger partial charge in [0.05, 0.1) is 11.3 Å². The number of allylic oxidation sites excluding steroid dienone is 1. The summed E-state index contributed by atoms with van der Waals surface area (Å²) in [5.41, 5.74) is 2.44. The first kappa shape index (κ1) is 21.5. The zero-order valence-corrected chi connectivity index (χ0v) is 19.5. The van der Waals surface area contributed by atoms with Crippen molar-refractivity contribution in [2.24, 2.45) is 11.3 Å². The Kier molecular flexibility index (Phi) is 6.01. The Labute approximate surface area is 190 Å². The molecule has 0 aliphatic carbocycles. The molecule has 4 unspecified atom stereocenters. The summed E-state index contributed by atoms with van der Waals surface area (Å²) in [5, 5.41) is 1.54. The fourth-order valence-corrected chi connectivity index (χ4v) is 5.58. The molecule has 4 rings (SSSR count). The van der Waals surface area contributed by atoms with Gasteiger partial charge in [-0.3, -0.25) is 0 Å². The molecule has 30 heavy (non-hydrogen) atoms. The van der Waals surface area contributed by atoms with Gasteiger partial charge in [-0.25, -0.2) is 0 Å². The molecule has 0 bridgehead atoms. The lowest BCUT2D eigenvalue weighted by atomic mass is 9.69. The van der Waals surface area contributed by atoms with Crippen molar-refractivity contribution >= 4 is 29.1 Å². The number of hydrogen-bond acceptors (Lipinski definition) is 1. The fraction of sp³-hybridized carbons (Fsp3) is 0.423. The topological polar surface area (TPSA) is 12.2 Å². The highest BCUT2D eigenvalue weighted by Gasteiger charge is 2.57. The van der Waals surface area contributed by atoms with Crippen molar-refractivity contribution in [2.45, 2.75) is 51.6 Å². The van der Waals surface area contributed by atoms with Crippen LogP contribution >= 0.6 is 23.2 Å². The molecule has 2 aliphatic rings. The molecule has 158 valence electrons. The van der Waals surface area contributed by atoms with Crippen LogP contribution in [0.1, 0.15) is 56.7 Å². The summed E-state index contributed by atoms with van der Waals surface area (Å²) in [5.74, 6) is 1.87. The zero-order valence-electron chi connectivity index (χ0n) is 17.9. The molecule has 0 saturated heterocycles. The van der Waals surface area contributed by atoms with Gasteiger partial charge in [0.15, 0.2) is 18.7 Å². The monoisotopic (exact) mass is 442 g/mol. The molecule has 0 aromatic heterocycles. The van der Waals surface area contributed by atoms with E-state index < -0.39 is 0 Å². The van der Waals surface area contributed by atoms with Crippen LogP contribution in [-0.2, 0) is 4.74 Å². The van der Waals surface area contributed by atoms with Gasteiger partial charge in [-0.05, 0) is 49.6 Å². The molecule has 0 saturated carbocycles. The average molecular weight is 443 g/mol. The van der Waals surface area contributed by atoms with E-state index in [1.807, 2.05) is 24.3 Å². The maximum Gasteiger partial charge on any atom is 0.343 e. The minimum atomic E-state index is -0.0959.